The normalized spacial score (nSPS) is 11.1. The average Bonchev–Trinajstić information content (AvgIpc) is 2.62. The fourth-order valence-electron chi connectivity index (χ4n) is 2.10. The summed E-state index contributed by atoms with van der Waals surface area (Å²) in [5.41, 5.74) is 1.03. The van der Waals surface area contributed by atoms with Gasteiger partial charge in [0.15, 0.2) is 0 Å². The molecule has 0 aliphatic heterocycles. The molecule has 0 radical (unpaired) electrons. The summed E-state index contributed by atoms with van der Waals surface area (Å²) >= 11 is 11.8. The van der Waals surface area contributed by atoms with Crippen molar-refractivity contribution in [3.8, 4) is 5.75 Å². The Kier molecular flexibility index (Phi) is 7.77. The van der Waals surface area contributed by atoms with Crippen molar-refractivity contribution in [2.75, 3.05) is 22.4 Å². The number of rotatable bonds is 9. The molecule has 0 atom stereocenters. The van der Waals surface area contributed by atoms with Crippen molar-refractivity contribution in [3.05, 3.63) is 52.5 Å². The molecule has 0 aliphatic carbocycles. The van der Waals surface area contributed by atoms with E-state index in [0.29, 0.717) is 40.2 Å². The van der Waals surface area contributed by atoms with Gasteiger partial charge in [0.1, 0.15) is 5.75 Å². The Morgan fingerprint density at radius 2 is 1.74 bits per heavy atom. The quantitative estimate of drug-likeness (QED) is 0.571. The fraction of sp³-hybridized carbons (Fsp3) is 0.278. The molecule has 2 aromatic carbocycles. The van der Waals surface area contributed by atoms with E-state index in [0.717, 1.165) is 0 Å². The Morgan fingerprint density at radius 1 is 1.07 bits per heavy atom. The predicted octanol–water partition coefficient (Wildman–Crippen LogP) is 4.55. The minimum Gasteiger partial charge on any atom is -0.492 e. The Hall–Kier alpha value is -1.96. The summed E-state index contributed by atoms with van der Waals surface area (Å²) in [4.78, 5) is 12.0. The SMILES string of the molecule is CCS(=O)(=O)Nc1ccc(NC(=O)CCCOc2ccc(Cl)cc2Cl)cc1. The van der Waals surface area contributed by atoms with Crippen LogP contribution < -0.4 is 14.8 Å². The number of ether oxygens (including phenoxy) is 1. The number of halogens is 2. The van der Waals surface area contributed by atoms with E-state index in [1.165, 1.54) is 0 Å². The number of hydrogen-bond donors (Lipinski definition) is 2. The third kappa shape index (κ3) is 7.28. The first-order valence-electron chi connectivity index (χ1n) is 8.27. The lowest BCUT2D eigenvalue weighted by Gasteiger charge is -2.09. The van der Waals surface area contributed by atoms with Crippen LogP contribution in [0.5, 0.6) is 5.75 Å². The molecular weight excluding hydrogens is 411 g/mol. The van der Waals surface area contributed by atoms with Gasteiger partial charge in [0, 0.05) is 22.8 Å². The maximum atomic E-state index is 12.0. The van der Waals surface area contributed by atoms with Gasteiger partial charge >= 0.3 is 0 Å². The molecule has 0 saturated heterocycles. The number of carbonyl (C=O) groups is 1. The highest BCUT2D eigenvalue weighted by atomic mass is 35.5. The molecule has 1 amide bonds. The predicted molar refractivity (Wildman–Crippen MR) is 109 cm³/mol. The van der Waals surface area contributed by atoms with E-state index in [2.05, 4.69) is 10.0 Å². The largest absolute Gasteiger partial charge is 0.492 e. The first-order chi connectivity index (χ1) is 12.8. The van der Waals surface area contributed by atoms with Gasteiger partial charge in [0.05, 0.1) is 17.4 Å². The van der Waals surface area contributed by atoms with E-state index in [9.17, 15) is 13.2 Å². The second kappa shape index (κ2) is 9.82. The number of hydrogen-bond acceptors (Lipinski definition) is 4. The number of carbonyl (C=O) groups excluding carboxylic acids is 1. The maximum Gasteiger partial charge on any atom is 0.232 e. The average molecular weight is 431 g/mol. The van der Waals surface area contributed by atoms with Gasteiger partial charge in [0.25, 0.3) is 0 Å². The molecule has 6 nitrogen and oxygen atoms in total. The Balaban J connectivity index is 1.75. The Bertz CT molecular complexity index is 887. The van der Waals surface area contributed by atoms with Gasteiger partial charge in [-0.3, -0.25) is 9.52 Å². The highest BCUT2D eigenvalue weighted by Gasteiger charge is 2.08. The molecule has 0 aliphatic rings. The minimum atomic E-state index is -3.32. The van der Waals surface area contributed by atoms with Crippen LogP contribution in [-0.4, -0.2) is 26.7 Å². The van der Waals surface area contributed by atoms with E-state index in [-0.39, 0.29) is 18.1 Å². The zero-order valence-electron chi connectivity index (χ0n) is 14.7. The maximum absolute atomic E-state index is 12.0. The van der Waals surface area contributed by atoms with Crippen LogP contribution in [0.3, 0.4) is 0 Å². The molecule has 2 rings (SSSR count). The van der Waals surface area contributed by atoms with Crippen molar-refractivity contribution in [2.45, 2.75) is 19.8 Å². The highest BCUT2D eigenvalue weighted by molar-refractivity contribution is 7.92. The lowest BCUT2D eigenvalue weighted by Crippen LogP contribution is -2.15. The summed E-state index contributed by atoms with van der Waals surface area (Å²) < 4.78 is 31.0. The van der Waals surface area contributed by atoms with Crippen molar-refractivity contribution in [1.29, 1.82) is 0 Å². The van der Waals surface area contributed by atoms with E-state index in [1.54, 1.807) is 49.4 Å². The highest BCUT2D eigenvalue weighted by Crippen LogP contribution is 2.27. The summed E-state index contributed by atoms with van der Waals surface area (Å²) in [6.07, 6.45) is 0.786. The van der Waals surface area contributed by atoms with Gasteiger partial charge in [-0.05, 0) is 55.8 Å². The molecule has 27 heavy (non-hydrogen) atoms. The second-order valence-electron chi connectivity index (χ2n) is 5.66. The Labute approximate surface area is 168 Å². The summed E-state index contributed by atoms with van der Waals surface area (Å²) in [6.45, 7) is 1.90. The molecule has 0 heterocycles. The lowest BCUT2D eigenvalue weighted by atomic mass is 10.2. The zero-order chi connectivity index (χ0) is 19.9. The molecule has 2 aromatic rings. The first-order valence-corrected chi connectivity index (χ1v) is 10.7. The number of anilines is 2. The van der Waals surface area contributed by atoms with E-state index >= 15 is 0 Å². The van der Waals surface area contributed by atoms with Crippen molar-refractivity contribution < 1.29 is 17.9 Å². The monoisotopic (exact) mass is 430 g/mol. The van der Waals surface area contributed by atoms with Crippen LogP contribution in [0, 0.1) is 0 Å². The molecule has 2 N–H and O–H groups in total. The van der Waals surface area contributed by atoms with E-state index < -0.39 is 10.0 Å². The molecule has 0 aromatic heterocycles. The molecule has 0 fully saturated rings. The number of benzene rings is 2. The van der Waals surface area contributed by atoms with Crippen LogP contribution in [0.1, 0.15) is 19.8 Å². The first kappa shape index (κ1) is 21.3. The summed E-state index contributed by atoms with van der Waals surface area (Å²) in [6, 6.07) is 11.4. The molecule has 9 heteroatoms. The van der Waals surface area contributed by atoms with Crippen LogP contribution in [-0.2, 0) is 14.8 Å². The van der Waals surface area contributed by atoms with Gasteiger partial charge in [-0.25, -0.2) is 8.42 Å². The summed E-state index contributed by atoms with van der Waals surface area (Å²) in [5, 5.41) is 3.70. The molecule has 0 spiro atoms. The molecule has 0 bridgehead atoms. The van der Waals surface area contributed by atoms with Gasteiger partial charge < -0.3 is 10.1 Å². The van der Waals surface area contributed by atoms with Crippen LogP contribution in [0.2, 0.25) is 10.0 Å². The van der Waals surface area contributed by atoms with Gasteiger partial charge in [-0.1, -0.05) is 23.2 Å². The molecular formula is C18H20Cl2N2O4S. The van der Waals surface area contributed by atoms with E-state index in [4.69, 9.17) is 27.9 Å². The van der Waals surface area contributed by atoms with Gasteiger partial charge in [-0.2, -0.15) is 0 Å². The van der Waals surface area contributed by atoms with Crippen LogP contribution >= 0.6 is 23.2 Å². The zero-order valence-corrected chi connectivity index (χ0v) is 17.0. The van der Waals surface area contributed by atoms with Crippen LogP contribution in [0.25, 0.3) is 0 Å². The topological polar surface area (TPSA) is 84.5 Å². The summed E-state index contributed by atoms with van der Waals surface area (Å²) in [7, 11) is -3.32. The van der Waals surface area contributed by atoms with Gasteiger partial charge in [-0.15, -0.1) is 0 Å². The van der Waals surface area contributed by atoms with Crippen molar-refractivity contribution in [1.82, 2.24) is 0 Å². The minimum absolute atomic E-state index is 0.00517. The number of sulfonamides is 1. The molecule has 0 saturated carbocycles. The molecule has 146 valence electrons. The van der Waals surface area contributed by atoms with Crippen molar-refractivity contribution in [3.63, 3.8) is 0 Å². The van der Waals surface area contributed by atoms with Crippen molar-refractivity contribution >= 4 is 50.5 Å². The van der Waals surface area contributed by atoms with E-state index in [1.807, 2.05) is 0 Å². The van der Waals surface area contributed by atoms with Gasteiger partial charge in [0.2, 0.25) is 15.9 Å². The van der Waals surface area contributed by atoms with Crippen molar-refractivity contribution in [2.24, 2.45) is 0 Å². The summed E-state index contributed by atoms with van der Waals surface area (Å²) in [5.74, 6) is 0.351. The second-order valence-corrected chi connectivity index (χ2v) is 8.51. The third-order valence-corrected chi connectivity index (χ3v) is 5.36. The van der Waals surface area contributed by atoms with Crippen LogP contribution in [0.15, 0.2) is 42.5 Å². The number of amides is 1. The lowest BCUT2D eigenvalue weighted by molar-refractivity contribution is -0.116. The number of nitrogens with one attached hydrogen (secondary N) is 2. The molecule has 0 unspecified atom stereocenters. The third-order valence-electron chi connectivity index (χ3n) is 3.52. The van der Waals surface area contributed by atoms with Crippen LogP contribution in [0.4, 0.5) is 11.4 Å². The standard InChI is InChI=1S/C18H20Cl2N2O4S/c1-2-27(24,25)22-15-8-6-14(7-9-15)21-18(23)4-3-11-26-17-10-5-13(19)12-16(17)20/h5-10,12,22H,2-4,11H2,1H3,(H,21,23). The Morgan fingerprint density at radius 3 is 2.37 bits per heavy atom. The smallest absolute Gasteiger partial charge is 0.232 e. The fourth-order valence-corrected chi connectivity index (χ4v) is 3.21.